The minimum Gasteiger partial charge on any atom is -0.345 e. The average Bonchev–Trinajstić information content (AvgIpc) is 2.76. The van der Waals surface area contributed by atoms with Crippen LogP contribution in [0.3, 0.4) is 0 Å². The number of thiocarbonyl (C=S) groups is 1. The van der Waals surface area contributed by atoms with Gasteiger partial charge < -0.3 is 21.7 Å². The van der Waals surface area contributed by atoms with Gasteiger partial charge in [-0.2, -0.15) is 0 Å². The van der Waals surface area contributed by atoms with Gasteiger partial charge in [0.15, 0.2) is 5.11 Å². The lowest BCUT2D eigenvalue weighted by molar-refractivity contribution is -0.122. The van der Waals surface area contributed by atoms with Crippen molar-refractivity contribution in [1.29, 1.82) is 0 Å². The van der Waals surface area contributed by atoms with Gasteiger partial charge in [0, 0.05) is 0 Å². The normalized spacial score (nSPS) is 23.8. The summed E-state index contributed by atoms with van der Waals surface area (Å²) in [6.07, 6.45) is -0.722. The molecule has 1 aliphatic rings. The van der Waals surface area contributed by atoms with Crippen LogP contribution in [0.2, 0.25) is 0 Å². The zero-order valence-corrected chi connectivity index (χ0v) is 10.2. The number of thiophene rings is 1. The lowest BCUT2D eigenvalue weighted by Crippen LogP contribution is -2.69. The Kier molecular flexibility index (Phi) is 3.36. The van der Waals surface area contributed by atoms with Crippen LogP contribution in [0, 0.1) is 0 Å². The number of hydrogen-bond acceptors (Lipinski definition) is 5. The fraction of sp³-hybridized carbons (Fsp3) is 0.222. The Morgan fingerprint density at radius 3 is 2.94 bits per heavy atom. The first-order valence-corrected chi connectivity index (χ1v) is 6.08. The van der Waals surface area contributed by atoms with Gasteiger partial charge in [0.1, 0.15) is 12.2 Å². The predicted octanol–water partition coefficient (Wildman–Crippen LogP) is -0.864. The van der Waals surface area contributed by atoms with Gasteiger partial charge in [0.05, 0.1) is 4.88 Å². The molecule has 1 aromatic rings. The first-order valence-electron chi connectivity index (χ1n) is 4.79. The number of nitrogens with one attached hydrogen (secondary N) is 3. The third-order valence-corrected chi connectivity index (χ3v) is 3.30. The zero-order valence-electron chi connectivity index (χ0n) is 8.60. The summed E-state index contributed by atoms with van der Waals surface area (Å²) in [5, 5.41) is 9.58. The van der Waals surface area contributed by atoms with Crippen molar-refractivity contribution in [2.45, 2.75) is 12.2 Å². The Bertz CT molecular complexity index is 460. The third-order valence-electron chi connectivity index (χ3n) is 2.21. The van der Waals surface area contributed by atoms with E-state index in [1.54, 1.807) is 17.5 Å². The summed E-state index contributed by atoms with van der Waals surface area (Å²) in [4.78, 5) is 23.9. The van der Waals surface area contributed by atoms with E-state index in [2.05, 4.69) is 16.0 Å². The van der Waals surface area contributed by atoms with Crippen LogP contribution >= 0.6 is 23.6 Å². The van der Waals surface area contributed by atoms with Crippen molar-refractivity contribution in [2.75, 3.05) is 0 Å². The predicted molar refractivity (Wildman–Crippen MR) is 67.4 cm³/mol. The van der Waals surface area contributed by atoms with Crippen molar-refractivity contribution in [3.63, 3.8) is 0 Å². The molecule has 2 amide bonds. The molecular formula is C9H10N4O2S2. The molecular weight excluding hydrogens is 260 g/mol. The highest BCUT2D eigenvalue weighted by Crippen LogP contribution is 2.08. The van der Waals surface area contributed by atoms with E-state index in [9.17, 15) is 9.59 Å². The summed E-state index contributed by atoms with van der Waals surface area (Å²) in [6.45, 7) is 0. The first-order chi connectivity index (χ1) is 8.08. The quantitative estimate of drug-likeness (QED) is 0.524. The Morgan fingerprint density at radius 2 is 2.35 bits per heavy atom. The molecule has 90 valence electrons. The molecule has 6 nitrogen and oxygen atoms in total. The van der Waals surface area contributed by atoms with E-state index in [0.717, 1.165) is 0 Å². The lowest BCUT2D eigenvalue weighted by Gasteiger charge is -2.30. The Morgan fingerprint density at radius 1 is 1.59 bits per heavy atom. The van der Waals surface area contributed by atoms with Crippen LogP contribution in [0.4, 0.5) is 0 Å². The Labute approximate surface area is 107 Å². The maximum absolute atomic E-state index is 11.7. The highest BCUT2D eigenvalue weighted by molar-refractivity contribution is 7.80. The van der Waals surface area contributed by atoms with Crippen LogP contribution in [0.5, 0.6) is 0 Å². The third kappa shape index (κ3) is 2.60. The monoisotopic (exact) mass is 270 g/mol. The second-order valence-electron chi connectivity index (χ2n) is 3.42. The minimum atomic E-state index is -0.837. The molecule has 5 N–H and O–H groups in total. The summed E-state index contributed by atoms with van der Waals surface area (Å²) >= 11 is 6.06. The maximum atomic E-state index is 11.7. The van der Waals surface area contributed by atoms with Gasteiger partial charge in [-0.3, -0.25) is 9.59 Å². The first kappa shape index (κ1) is 12.0. The summed E-state index contributed by atoms with van der Waals surface area (Å²) in [5.41, 5.74) is 5.69. The molecule has 0 radical (unpaired) electrons. The second kappa shape index (κ2) is 4.78. The molecule has 1 saturated heterocycles. The zero-order chi connectivity index (χ0) is 12.4. The van der Waals surface area contributed by atoms with E-state index in [1.165, 1.54) is 11.3 Å². The number of nitrogens with two attached hydrogens (primary N) is 1. The fourth-order valence-electron chi connectivity index (χ4n) is 1.40. The van der Waals surface area contributed by atoms with Crippen molar-refractivity contribution >= 4 is 40.5 Å². The van der Waals surface area contributed by atoms with Gasteiger partial charge in [-0.05, 0) is 23.7 Å². The van der Waals surface area contributed by atoms with Gasteiger partial charge in [0.25, 0.3) is 11.8 Å². The Hall–Kier alpha value is -1.51. The molecule has 0 aliphatic carbocycles. The second-order valence-corrected chi connectivity index (χ2v) is 4.77. The summed E-state index contributed by atoms with van der Waals surface area (Å²) in [5.74, 6) is -0.739. The number of carbonyl (C=O) groups is 2. The number of hydrogen-bond donors (Lipinski definition) is 4. The molecule has 1 fully saturated rings. The van der Waals surface area contributed by atoms with Crippen molar-refractivity contribution < 1.29 is 9.59 Å². The van der Waals surface area contributed by atoms with Crippen molar-refractivity contribution in [3.8, 4) is 0 Å². The molecule has 2 rings (SSSR count). The highest BCUT2D eigenvalue weighted by Gasteiger charge is 2.33. The number of carbonyl (C=O) groups excluding carboxylic acids is 2. The molecule has 0 aromatic carbocycles. The molecule has 17 heavy (non-hydrogen) atoms. The number of amides is 2. The molecule has 1 aliphatic heterocycles. The molecule has 0 spiro atoms. The van der Waals surface area contributed by atoms with Crippen molar-refractivity contribution in [3.05, 3.63) is 22.4 Å². The minimum absolute atomic E-state index is 0.170. The SMILES string of the molecule is NC1NC(=S)NC(=O)C1NC(=O)c1cccs1. The summed E-state index contributed by atoms with van der Waals surface area (Å²) in [6, 6.07) is 2.59. The molecule has 0 saturated carbocycles. The average molecular weight is 270 g/mol. The molecule has 8 heteroatoms. The standard InChI is InChI=1S/C9H10N4O2S2/c10-6-5(8(15)13-9(16)12-6)11-7(14)4-2-1-3-17-4/h1-3,5-6H,10H2,(H,11,14)(H2,12,13,15,16). The molecule has 1 aromatic heterocycles. The van der Waals surface area contributed by atoms with Crippen LogP contribution in [-0.4, -0.2) is 29.1 Å². The smallest absolute Gasteiger partial charge is 0.262 e. The van der Waals surface area contributed by atoms with E-state index in [-0.39, 0.29) is 11.0 Å². The van der Waals surface area contributed by atoms with Crippen molar-refractivity contribution in [2.24, 2.45) is 5.73 Å². The van der Waals surface area contributed by atoms with Crippen LogP contribution in [-0.2, 0) is 4.79 Å². The van der Waals surface area contributed by atoms with Gasteiger partial charge in [-0.15, -0.1) is 11.3 Å². The molecule has 2 unspecified atom stereocenters. The summed E-state index contributed by atoms with van der Waals surface area (Å²) in [7, 11) is 0. The van der Waals surface area contributed by atoms with E-state index < -0.39 is 18.1 Å². The van der Waals surface area contributed by atoms with Gasteiger partial charge >= 0.3 is 0 Å². The van der Waals surface area contributed by atoms with E-state index in [0.29, 0.717) is 4.88 Å². The van der Waals surface area contributed by atoms with Crippen LogP contribution in [0.15, 0.2) is 17.5 Å². The molecule has 2 atom stereocenters. The topological polar surface area (TPSA) is 96.2 Å². The van der Waals surface area contributed by atoms with Gasteiger partial charge in [0.2, 0.25) is 0 Å². The van der Waals surface area contributed by atoms with Gasteiger partial charge in [-0.25, -0.2) is 0 Å². The van der Waals surface area contributed by atoms with Crippen LogP contribution < -0.4 is 21.7 Å². The highest BCUT2D eigenvalue weighted by atomic mass is 32.1. The van der Waals surface area contributed by atoms with Crippen molar-refractivity contribution in [1.82, 2.24) is 16.0 Å². The summed E-state index contributed by atoms with van der Waals surface area (Å²) < 4.78 is 0. The van der Waals surface area contributed by atoms with E-state index in [1.807, 2.05) is 0 Å². The number of rotatable bonds is 2. The largest absolute Gasteiger partial charge is 0.345 e. The van der Waals surface area contributed by atoms with E-state index >= 15 is 0 Å². The van der Waals surface area contributed by atoms with Crippen LogP contribution in [0.1, 0.15) is 9.67 Å². The molecule has 2 heterocycles. The fourth-order valence-corrected chi connectivity index (χ4v) is 2.26. The van der Waals surface area contributed by atoms with Gasteiger partial charge in [-0.1, -0.05) is 6.07 Å². The Balaban J connectivity index is 2.05. The maximum Gasteiger partial charge on any atom is 0.262 e. The van der Waals surface area contributed by atoms with E-state index in [4.69, 9.17) is 18.0 Å². The molecule has 0 bridgehead atoms. The lowest BCUT2D eigenvalue weighted by atomic mass is 10.2. The van der Waals surface area contributed by atoms with Crippen LogP contribution in [0.25, 0.3) is 0 Å².